The Morgan fingerprint density at radius 2 is 1.86 bits per heavy atom. The van der Waals surface area contributed by atoms with Crippen molar-refractivity contribution >= 4 is 22.3 Å². The van der Waals surface area contributed by atoms with Gasteiger partial charge in [-0.15, -0.1) is 0 Å². The molecule has 3 aromatic rings. The van der Waals surface area contributed by atoms with Crippen LogP contribution < -0.4 is 0 Å². The molecule has 0 radical (unpaired) electrons. The van der Waals surface area contributed by atoms with Crippen LogP contribution >= 0.6 is 0 Å². The van der Waals surface area contributed by atoms with E-state index in [1.165, 1.54) is 33.5 Å². The molecule has 1 fully saturated rings. The molecule has 2 aromatic carbocycles. The molecule has 5 nitrogen and oxygen atoms in total. The van der Waals surface area contributed by atoms with Crippen molar-refractivity contribution in [2.24, 2.45) is 0 Å². The molecule has 0 unspecified atom stereocenters. The number of fused-ring (bicyclic) bond motifs is 1. The molecule has 1 saturated heterocycles. The van der Waals surface area contributed by atoms with Crippen LogP contribution in [0.15, 0.2) is 77.7 Å². The normalized spacial score (nSPS) is 18.2. The molecule has 0 amide bonds. The maximum Gasteiger partial charge on any atom is 0.159 e. The second-order valence-electron chi connectivity index (χ2n) is 10.4. The van der Waals surface area contributed by atoms with Crippen LogP contribution in [-0.2, 0) is 0 Å². The molecule has 0 aliphatic carbocycles. The van der Waals surface area contributed by atoms with Crippen molar-refractivity contribution in [2.75, 3.05) is 33.2 Å². The minimum Gasteiger partial charge on any atom is -0.374 e. The first kappa shape index (κ1) is 24.3. The summed E-state index contributed by atoms with van der Waals surface area (Å²) in [5, 5.41) is 8.38. The lowest BCUT2D eigenvalue weighted by Gasteiger charge is -2.33. The summed E-state index contributed by atoms with van der Waals surface area (Å²) in [4.78, 5) is 16.5. The van der Waals surface area contributed by atoms with Gasteiger partial charge in [0.05, 0.1) is 11.7 Å². The first-order chi connectivity index (χ1) is 17.4. The van der Waals surface area contributed by atoms with Crippen molar-refractivity contribution in [1.82, 2.24) is 20.0 Å². The Morgan fingerprint density at radius 1 is 1.11 bits per heavy atom. The van der Waals surface area contributed by atoms with Gasteiger partial charge >= 0.3 is 0 Å². The lowest BCUT2D eigenvalue weighted by molar-refractivity contribution is 0.101. The van der Waals surface area contributed by atoms with Crippen LogP contribution in [0.25, 0.3) is 16.5 Å². The zero-order valence-corrected chi connectivity index (χ0v) is 21.8. The van der Waals surface area contributed by atoms with Crippen molar-refractivity contribution in [3.8, 4) is 0 Å². The topological polar surface area (TPSA) is 52.2 Å². The number of hydrogen-bond acceptors (Lipinski definition) is 4. The van der Waals surface area contributed by atoms with Crippen LogP contribution in [0.1, 0.15) is 61.0 Å². The molecule has 5 rings (SSSR count). The number of rotatable bonds is 6. The van der Waals surface area contributed by atoms with E-state index in [1.807, 2.05) is 18.3 Å². The number of likely N-dealkylation sites (tertiary alicyclic amines) is 1. The second kappa shape index (κ2) is 10.3. The Hall–Kier alpha value is -3.44. The van der Waals surface area contributed by atoms with Gasteiger partial charge in [-0.1, -0.05) is 48.1 Å². The van der Waals surface area contributed by atoms with E-state index >= 15 is 0 Å². The lowest BCUT2D eigenvalue weighted by atomic mass is 9.88. The van der Waals surface area contributed by atoms with Gasteiger partial charge in [0.2, 0.25) is 0 Å². The number of Topliss-reactive ketones (excluding diaryl/α,β-unsaturated/α-hetero) is 1. The van der Waals surface area contributed by atoms with Gasteiger partial charge in [0.1, 0.15) is 0 Å². The molecule has 2 aliphatic rings. The third kappa shape index (κ3) is 5.07. The van der Waals surface area contributed by atoms with Crippen molar-refractivity contribution in [2.45, 2.75) is 39.5 Å². The van der Waals surface area contributed by atoms with E-state index in [-0.39, 0.29) is 5.78 Å². The molecular weight excluding hydrogens is 444 g/mol. The summed E-state index contributed by atoms with van der Waals surface area (Å²) in [6, 6.07) is 14.8. The fourth-order valence-corrected chi connectivity index (χ4v) is 5.50. The molecule has 3 heterocycles. The number of benzene rings is 2. The minimum absolute atomic E-state index is 0.133. The van der Waals surface area contributed by atoms with Crippen LogP contribution in [0.2, 0.25) is 0 Å². The average Bonchev–Trinajstić information content (AvgIpc) is 3.35. The fraction of sp³-hybridized carbons (Fsp3) is 0.355. The highest BCUT2D eigenvalue weighted by Crippen LogP contribution is 2.34. The molecule has 0 bridgehead atoms. The Labute approximate surface area is 214 Å². The first-order valence-electron chi connectivity index (χ1n) is 13.0. The monoisotopic (exact) mass is 480 g/mol. The fourth-order valence-electron chi connectivity index (χ4n) is 5.50. The highest BCUT2D eigenvalue weighted by atomic mass is 16.1. The number of nitrogens with one attached hydrogen (secondary N) is 1. The van der Waals surface area contributed by atoms with Crippen LogP contribution in [0, 0.1) is 0 Å². The molecule has 0 atom stereocenters. The number of carbonyl (C=O) groups excluding carboxylic acids is 1. The molecule has 0 saturated carbocycles. The van der Waals surface area contributed by atoms with Gasteiger partial charge in [-0.25, -0.2) is 0 Å². The summed E-state index contributed by atoms with van der Waals surface area (Å²) >= 11 is 0. The highest BCUT2D eigenvalue weighted by molar-refractivity contribution is 5.94. The third-order valence-corrected chi connectivity index (χ3v) is 7.81. The molecule has 1 aromatic heterocycles. The summed E-state index contributed by atoms with van der Waals surface area (Å²) in [7, 11) is 2.17. The van der Waals surface area contributed by atoms with E-state index in [4.69, 9.17) is 0 Å². The number of aromatic nitrogens is 2. The predicted molar refractivity (Wildman–Crippen MR) is 148 cm³/mol. The van der Waals surface area contributed by atoms with E-state index in [1.54, 1.807) is 6.92 Å². The van der Waals surface area contributed by atoms with Crippen LogP contribution in [0.3, 0.4) is 0 Å². The number of piperidine rings is 1. The Balaban J connectivity index is 1.27. The van der Waals surface area contributed by atoms with Crippen molar-refractivity contribution < 1.29 is 4.79 Å². The van der Waals surface area contributed by atoms with Crippen molar-refractivity contribution in [3.05, 3.63) is 94.3 Å². The Morgan fingerprint density at radius 3 is 2.58 bits per heavy atom. The van der Waals surface area contributed by atoms with E-state index < -0.39 is 0 Å². The minimum atomic E-state index is 0.133. The van der Waals surface area contributed by atoms with E-state index in [2.05, 4.69) is 83.4 Å². The van der Waals surface area contributed by atoms with Gasteiger partial charge < -0.3 is 4.90 Å². The Kier molecular flexibility index (Phi) is 6.92. The number of nitrogens with zero attached hydrogens (tertiary/aromatic N) is 3. The number of allylic oxidation sites excluding steroid dienone is 4. The largest absolute Gasteiger partial charge is 0.374 e. The van der Waals surface area contributed by atoms with E-state index in [0.717, 1.165) is 55.5 Å². The molecule has 2 aliphatic heterocycles. The Bertz CT molecular complexity index is 1350. The SMILES string of the molecule is CC(=O)c1ccc(C2CCN(C/C(C)=C/C3=C(C)N(C)CC=C3c3ccc4[nH]ncc4c3)CC2)cc1. The second-order valence-corrected chi connectivity index (χ2v) is 10.4. The molecule has 0 spiro atoms. The lowest BCUT2D eigenvalue weighted by Crippen LogP contribution is -2.34. The van der Waals surface area contributed by atoms with Gasteiger partial charge in [-0.2, -0.15) is 5.10 Å². The van der Waals surface area contributed by atoms with Gasteiger partial charge in [-0.05, 0) is 81.5 Å². The summed E-state index contributed by atoms with van der Waals surface area (Å²) in [6.45, 7) is 10.2. The van der Waals surface area contributed by atoms with Gasteiger partial charge in [0.15, 0.2) is 5.78 Å². The van der Waals surface area contributed by atoms with Crippen LogP contribution in [0.5, 0.6) is 0 Å². The number of carbonyl (C=O) groups is 1. The summed E-state index contributed by atoms with van der Waals surface area (Å²) in [6.07, 6.45) is 8.95. The number of hydrogen-bond donors (Lipinski definition) is 1. The zero-order chi connectivity index (χ0) is 25.2. The number of aromatic amines is 1. The first-order valence-corrected chi connectivity index (χ1v) is 13.0. The average molecular weight is 481 g/mol. The molecule has 186 valence electrons. The summed E-state index contributed by atoms with van der Waals surface area (Å²) in [5.74, 6) is 0.712. The molecular formula is C31H36N4O. The highest BCUT2D eigenvalue weighted by Gasteiger charge is 2.22. The number of ketones is 1. The van der Waals surface area contributed by atoms with Gasteiger partial charge in [-0.3, -0.25) is 14.8 Å². The van der Waals surface area contributed by atoms with Crippen LogP contribution in [0.4, 0.5) is 0 Å². The maximum absolute atomic E-state index is 11.6. The summed E-state index contributed by atoms with van der Waals surface area (Å²) in [5.41, 5.74) is 9.79. The predicted octanol–water partition coefficient (Wildman–Crippen LogP) is 6.19. The van der Waals surface area contributed by atoms with E-state index in [0.29, 0.717) is 5.92 Å². The van der Waals surface area contributed by atoms with Crippen LogP contribution in [-0.4, -0.2) is 59.0 Å². The molecule has 1 N–H and O–H groups in total. The molecule has 36 heavy (non-hydrogen) atoms. The standard InChI is InChI=1S/C31H36N4O/c1-21(20-35-15-11-26(12-16-35)25-7-5-24(6-8-25)23(3)36)17-30-22(2)34(4)14-13-29(30)27-9-10-31-28(18-27)19-32-33-31/h5-10,13,17-19,26H,11-12,14-16,20H2,1-4H3,(H,32,33)/b21-17+. The molecule has 5 heteroatoms. The summed E-state index contributed by atoms with van der Waals surface area (Å²) < 4.78 is 0. The van der Waals surface area contributed by atoms with E-state index in [9.17, 15) is 4.79 Å². The van der Waals surface area contributed by atoms with Gasteiger partial charge in [0, 0.05) is 42.4 Å². The maximum atomic E-state index is 11.6. The van der Waals surface area contributed by atoms with Crippen molar-refractivity contribution in [3.63, 3.8) is 0 Å². The quantitative estimate of drug-likeness (QED) is 0.427. The van der Waals surface area contributed by atoms with Gasteiger partial charge in [0.25, 0.3) is 0 Å². The number of H-pyrrole nitrogens is 1. The third-order valence-electron chi connectivity index (χ3n) is 7.81. The van der Waals surface area contributed by atoms with Crippen molar-refractivity contribution in [1.29, 1.82) is 0 Å². The zero-order valence-electron chi connectivity index (χ0n) is 21.8. The smallest absolute Gasteiger partial charge is 0.159 e. The number of likely N-dealkylation sites (N-methyl/N-ethyl adjacent to an activating group) is 1.